The standard InChI is InChI=1S/C15H17N/c1-2-4-8-14(9-5-3-1)11-12-15-10-6-7-13-16-15/h6-8,10,13H,1-5,9H2. The van der Waals surface area contributed by atoms with Crippen molar-refractivity contribution in [1.82, 2.24) is 4.98 Å². The molecular weight excluding hydrogens is 194 g/mol. The Kier molecular flexibility index (Phi) is 4.19. The molecule has 0 spiro atoms. The van der Waals surface area contributed by atoms with Crippen molar-refractivity contribution in [3.63, 3.8) is 0 Å². The van der Waals surface area contributed by atoms with Crippen molar-refractivity contribution in [2.24, 2.45) is 0 Å². The summed E-state index contributed by atoms with van der Waals surface area (Å²) in [5, 5.41) is 0. The predicted octanol–water partition coefficient (Wildman–Crippen LogP) is 3.71. The Bertz CT molecular complexity index is 406. The fourth-order valence-corrected chi connectivity index (χ4v) is 1.89. The second kappa shape index (κ2) is 6.12. The molecule has 0 bridgehead atoms. The molecule has 0 amide bonds. The van der Waals surface area contributed by atoms with Gasteiger partial charge in [-0.1, -0.05) is 30.9 Å². The van der Waals surface area contributed by atoms with Crippen molar-refractivity contribution in [3.8, 4) is 11.8 Å². The van der Waals surface area contributed by atoms with Gasteiger partial charge in [0, 0.05) is 6.20 Å². The van der Waals surface area contributed by atoms with Gasteiger partial charge >= 0.3 is 0 Å². The number of hydrogen-bond acceptors (Lipinski definition) is 1. The predicted molar refractivity (Wildman–Crippen MR) is 66.9 cm³/mol. The van der Waals surface area contributed by atoms with Gasteiger partial charge in [0.1, 0.15) is 5.69 Å². The molecule has 1 aromatic rings. The Hall–Kier alpha value is -1.55. The second-order valence-electron chi connectivity index (χ2n) is 4.15. The number of hydrogen-bond donors (Lipinski definition) is 0. The fraction of sp³-hybridized carbons (Fsp3) is 0.400. The maximum Gasteiger partial charge on any atom is 0.113 e. The molecule has 82 valence electrons. The third-order valence-electron chi connectivity index (χ3n) is 2.81. The lowest BCUT2D eigenvalue weighted by atomic mass is 10.0. The van der Waals surface area contributed by atoms with Crippen molar-refractivity contribution < 1.29 is 0 Å². The van der Waals surface area contributed by atoms with Gasteiger partial charge in [0.25, 0.3) is 0 Å². The smallest absolute Gasteiger partial charge is 0.113 e. The molecule has 1 nitrogen and oxygen atoms in total. The van der Waals surface area contributed by atoms with E-state index in [0.29, 0.717) is 0 Å². The summed E-state index contributed by atoms with van der Waals surface area (Å²) in [6.07, 6.45) is 11.7. The normalized spacial score (nSPS) is 16.4. The van der Waals surface area contributed by atoms with Gasteiger partial charge in [-0.2, -0.15) is 0 Å². The van der Waals surface area contributed by atoms with Gasteiger partial charge in [-0.05, 0) is 49.3 Å². The van der Waals surface area contributed by atoms with Crippen LogP contribution < -0.4 is 0 Å². The maximum absolute atomic E-state index is 4.20. The summed E-state index contributed by atoms with van der Waals surface area (Å²) < 4.78 is 0. The number of nitrogens with zero attached hydrogens (tertiary/aromatic N) is 1. The van der Waals surface area contributed by atoms with E-state index in [1.165, 1.54) is 37.7 Å². The zero-order chi connectivity index (χ0) is 11.1. The summed E-state index contributed by atoms with van der Waals surface area (Å²) >= 11 is 0. The van der Waals surface area contributed by atoms with Crippen molar-refractivity contribution in [2.75, 3.05) is 0 Å². The Labute approximate surface area is 97.6 Å². The summed E-state index contributed by atoms with van der Waals surface area (Å²) in [6.45, 7) is 0. The van der Waals surface area contributed by atoms with E-state index in [1.54, 1.807) is 6.20 Å². The molecule has 0 atom stereocenters. The Morgan fingerprint density at radius 1 is 1.00 bits per heavy atom. The summed E-state index contributed by atoms with van der Waals surface area (Å²) in [5.41, 5.74) is 2.16. The molecule has 0 aromatic carbocycles. The highest BCUT2D eigenvalue weighted by Gasteiger charge is 1.98. The molecule has 1 aliphatic carbocycles. The van der Waals surface area contributed by atoms with E-state index in [1.807, 2.05) is 18.2 Å². The highest BCUT2D eigenvalue weighted by Crippen LogP contribution is 2.16. The second-order valence-corrected chi connectivity index (χ2v) is 4.15. The zero-order valence-electron chi connectivity index (χ0n) is 9.58. The number of allylic oxidation sites excluding steroid dienone is 2. The molecule has 0 radical (unpaired) electrons. The Morgan fingerprint density at radius 2 is 1.94 bits per heavy atom. The van der Waals surface area contributed by atoms with Crippen LogP contribution in [0.3, 0.4) is 0 Å². The number of pyridine rings is 1. The molecule has 0 fully saturated rings. The molecule has 1 aromatic heterocycles. The summed E-state index contributed by atoms with van der Waals surface area (Å²) in [7, 11) is 0. The van der Waals surface area contributed by atoms with E-state index in [-0.39, 0.29) is 0 Å². The average molecular weight is 211 g/mol. The molecule has 2 rings (SSSR count). The monoisotopic (exact) mass is 211 g/mol. The molecule has 1 heterocycles. The van der Waals surface area contributed by atoms with Crippen LogP contribution in [0.4, 0.5) is 0 Å². The molecule has 1 aliphatic rings. The largest absolute Gasteiger partial charge is 0.248 e. The van der Waals surface area contributed by atoms with E-state index < -0.39 is 0 Å². The van der Waals surface area contributed by atoms with E-state index in [9.17, 15) is 0 Å². The summed E-state index contributed by atoms with van der Waals surface area (Å²) in [4.78, 5) is 4.20. The molecule has 1 heteroatoms. The number of rotatable bonds is 0. The minimum atomic E-state index is 0.866. The van der Waals surface area contributed by atoms with Crippen LogP contribution in [0.15, 0.2) is 36.0 Å². The van der Waals surface area contributed by atoms with Gasteiger partial charge in [-0.3, -0.25) is 0 Å². The van der Waals surface area contributed by atoms with Crippen LogP contribution in [0, 0.1) is 11.8 Å². The van der Waals surface area contributed by atoms with E-state index in [4.69, 9.17) is 0 Å². The van der Waals surface area contributed by atoms with E-state index >= 15 is 0 Å². The lowest BCUT2D eigenvalue weighted by Gasteiger charge is -2.05. The van der Waals surface area contributed by atoms with Gasteiger partial charge < -0.3 is 0 Å². The molecular formula is C15H17N. The van der Waals surface area contributed by atoms with Gasteiger partial charge in [-0.15, -0.1) is 0 Å². The van der Waals surface area contributed by atoms with Crippen LogP contribution >= 0.6 is 0 Å². The first kappa shape index (κ1) is 11.0. The first-order chi connectivity index (χ1) is 7.95. The third-order valence-corrected chi connectivity index (χ3v) is 2.81. The minimum absolute atomic E-state index is 0.866. The van der Waals surface area contributed by atoms with Gasteiger partial charge in [0.15, 0.2) is 0 Å². The first-order valence-electron chi connectivity index (χ1n) is 6.07. The minimum Gasteiger partial charge on any atom is -0.248 e. The van der Waals surface area contributed by atoms with E-state index in [0.717, 1.165) is 12.1 Å². The zero-order valence-corrected chi connectivity index (χ0v) is 9.58. The molecule has 0 saturated heterocycles. The average Bonchev–Trinajstić information content (AvgIpc) is 2.29. The van der Waals surface area contributed by atoms with E-state index in [2.05, 4.69) is 22.9 Å². The maximum atomic E-state index is 4.20. The third kappa shape index (κ3) is 3.55. The molecule has 0 saturated carbocycles. The van der Waals surface area contributed by atoms with Crippen LogP contribution in [0.25, 0.3) is 0 Å². The van der Waals surface area contributed by atoms with Crippen molar-refractivity contribution in [3.05, 3.63) is 41.7 Å². The Balaban J connectivity index is 2.05. The van der Waals surface area contributed by atoms with Crippen LogP contribution in [0.1, 0.15) is 44.2 Å². The van der Waals surface area contributed by atoms with Gasteiger partial charge in [0.2, 0.25) is 0 Å². The van der Waals surface area contributed by atoms with Crippen LogP contribution in [0.5, 0.6) is 0 Å². The Morgan fingerprint density at radius 3 is 2.81 bits per heavy atom. The van der Waals surface area contributed by atoms with Crippen molar-refractivity contribution >= 4 is 0 Å². The SMILES string of the molecule is C(#Cc1ccccn1)C1=CCCCCCC1. The fourth-order valence-electron chi connectivity index (χ4n) is 1.89. The lowest BCUT2D eigenvalue weighted by molar-refractivity contribution is 0.631. The van der Waals surface area contributed by atoms with Crippen molar-refractivity contribution in [2.45, 2.75) is 38.5 Å². The molecule has 0 N–H and O–H groups in total. The molecule has 0 aliphatic heterocycles. The highest BCUT2D eigenvalue weighted by atomic mass is 14.6. The topological polar surface area (TPSA) is 12.9 Å². The summed E-state index contributed by atoms with van der Waals surface area (Å²) in [5.74, 6) is 6.39. The highest BCUT2D eigenvalue weighted by molar-refractivity contribution is 5.36. The number of aromatic nitrogens is 1. The van der Waals surface area contributed by atoms with Crippen molar-refractivity contribution in [1.29, 1.82) is 0 Å². The first-order valence-corrected chi connectivity index (χ1v) is 6.07. The lowest BCUT2D eigenvalue weighted by Crippen LogP contribution is -1.88. The van der Waals surface area contributed by atoms with Crippen LogP contribution in [-0.4, -0.2) is 4.98 Å². The van der Waals surface area contributed by atoms with Gasteiger partial charge in [0.05, 0.1) is 0 Å². The summed E-state index contributed by atoms with van der Waals surface area (Å²) in [6, 6.07) is 5.85. The van der Waals surface area contributed by atoms with Gasteiger partial charge in [-0.25, -0.2) is 4.98 Å². The molecule has 16 heavy (non-hydrogen) atoms. The van der Waals surface area contributed by atoms with Crippen LogP contribution in [-0.2, 0) is 0 Å². The van der Waals surface area contributed by atoms with Crippen LogP contribution in [0.2, 0.25) is 0 Å². The quantitative estimate of drug-likeness (QED) is 0.596. The molecule has 0 unspecified atom stereocenters.